The first-order valence-electron chi connectivity index (χ1n) is 4.83. The molecule has 0 aromatic rings. The summed E-state index contributed by atoms with van der Waals surface area (Å²) in [5.41, 5.74) is 5.44. The molecule has 0 radical (unpaired) electrons. The van der Waals surface area contributed by atoms with Gasteiger partial charge in [-0.05, 0) is 26.2 Å². The van der Waals surface area contributed by atoms with Crippen molar-refractivity contribution in [2.75, 3.05) is 6.54 Å². The van der Waals surface area contributed by atoms with E-state index in [1.165, 1.54) is 4.90 Å². The van der Waals surface area contributed by atoms with Crippen LogP contribution in [0.5, 0.6) is 0 Å². The van der Waals surface area contributed by atoms with E-state index in [9.17, 15) is 9.59 Å². The number of carbonyl (C=O) groups excluding carboxylic acids is 1. The zero-order chi connectivity index (χ0) is 10.7. The van der Waals surface area contributed by atoms with Crippen LogP contribution in [0.4, 0.5) is 0 Å². The summed E-state index contributed by atoms with van der Waals surface area (Å²) in [6.45, 7) is 2.09. The summed E-state index contributed by atoms with van der Waals surface area (Å²) < 4.78 is 0. The first-order valence-corrected chi connectivity index (χ1v) is 4.83. The molecule has 1 fully saturated rings. The van der Waals surface area contributed by atoms with Crippen molar-refractivity contribution in [3.8, 4) is 0 Å². The number of carboxylic acids is 1. The van der Waals surface area contributed by atoms with Crippen molar-refractivity contribution in [2.24, 2.45) is 5.73 Å². The van der Waals surface area contributed by atoms with Crippen molar-refractivity contribution in [3.05, 3.63) is 0 Å². The second-order valence-electron chi connectivity index (χ2n) is 3.67. The molecule has 0 saturated carbocycles. The van der Waals surface area contributed by atoms with E-state index in [1.807, 2.05) is 0 Å². The van der Waals surface area contributed by atoms with Crippen molar-refractivity contribution in [1.29, 1.82) is 0 Å². The first-order chi connectivity index (χ1) is 6.54. The molecule has 2 atom stereocenters. The Labute approximate surface area is 82.9 Å². The minimum atomic E-state index is -0.932. The summed E-state index contributed by atoms with van der Waals surface area (Å²) in [4.78, 5) is 23.8. The van der Waals surface area contributed by atoms with E-state index in [4.69, 9.17) is 10.8 Å². The molecular formula is C9H16N2O3. The predicted octanol–water partition coefficient (Wildman–Crippen LogP) is -0.201. The number of piperidine rings is 1. The van der Waals surface area contributed by atoms with Crippen LogP contribution < -0.4 is 5.73 Å². The normalized spacial score (nSPS) is 24.4. The SMILES string of the molecule is CC(N)C(=O)N1CCCC[C@H]1C(=O)O. The number of rotatable bonds is 2. The van der Waals surface area contributed by atoms with E-state index in [2.05, 4.69) is 0 Å². The molecule has 0 aliphatic carbocycles. The van der Waals surface area contributed by atoms with Crippen LogP contribution in [-0.2, 0) is 9.59 Å². The largest absolute Gasteiger partial charge is 0.480 e. The van der Waals surface area contributed by atoms with Gasteiger partial charge in [0.2, 0.25) is 5.91 Å². The molecule has 0 aromatic heterocycles. The second kappa shape index (κ2) is 4.41. The number of carboxylic acid groups (broad SMARTS) is 1. The van der Waals surface area contributed by atoms with Gasteiger partial charge in [-0.1, -0.05) is 0 Å². The molecule has 1 unspecified atom stereocenters. The summed E-state index contributed by atoms with van der Waals surface area (Å²) in [7, 11) is 0. The Kier molecular flexibility index (Phi) is 3.46. The van der Waals surface area contributed by atoms with Crippen LogP contribution in [0.15, 0.2) is 0 Å². The molecule has 0 spiro atoms. The quantitative estimate of drug-likeness (QED) is 0.646. The van der Waals surface area contributed by atoms with Gasteiger partial charge >= 0.3 is 5.97 Å². The molecule has 14 heavy (non-hydrogen) atoms. The highest BCUT2D eigenvalue weighted by Crippen LogP contribution is 2.17. The van der Waals surface area contributed by atoms with Crippen molar-refractivity contribution in [1.82, 2.24) is 4.90 Å². The highest BCUT2D eigenvalue weighted by molar-refractivity contribution is 5.86. The number of nitrogens with zero attached hydrogens (tertiary/aromatic N) is 1. The Bertz CT molecular complexity index is 240. The van der Waals surface area contributed by atoms with Gasteiger partial charge < -0.3 is 15.7 Å². The maximum absolute atomic E-state index is 11.6. The molecule has 1 saturated heterocycles. The zero-order valence-electron chi connectivity index (χ0n) is 8.27. The van der Waals surface area contributed by atoms with Crippen molar-refractivity contribution in [3.63, 3.8) is 0 Å². The van der Waals surface area contributed by atoms with Gasteiger partial charge in [0.1, 0.15) is 6.04 Å². The van der Waals surface area contributed by atoms with Crippen LogP contribution in [0.2, 0.25) is 0 Å². The van der Waals surface area contributed by atoms with Crippen molar-refractivity contribution >= 4 is 11.9 Å². The molecule has 80 valence electrons. The summed E-state index contributed by atoms with van der Waals surface area (Å²) in [5.74, 6) is -1.20. The van der Waals surface area contributed by atoms with E-state index < -0.39 is 18.1 Å². The van der Waals surface area contributed by atoms with Crippen molar-refractivity contribution in [2.45, 2.75) is 38.3 Å². The predicted molar refractivity (Wildman–Crippen MR) is 50.6 cm³/mol. The van der Waals surface area contributed by atoms with Gasteiger partial charge in [-0.3, -0.25) is 4.79 Å². The maximum atomic E-state index is 11.6. The van der Waals surface area contributed by atoms with Crippen LogP contribution in [0.3, 0.4) is 0 Å². The van der Waals surface area contributed by atoms with Crippen LogP contribution in [0, 0.1) is 0 Å². The number of hydrogen-bond acceptors (Lipinski definition) is 3. The van der Waals surface area contributed by atoms with E-state index in [0.717, 1.165) is 12.8 Å². The Hall–Kier alpha value is -1.10. The topological polar surface area (TPSA) is 83.6 Å². The number of carbonyl (C=O) groups is 2. The Balaban J connectivity index is 2.72. The highest BCUT2D eigenvalue weighted by Gasteiger charge is 2.32. The molecule has 5 heteroatoms. The Morgan fingerprint density at radius 3 is 2.64 bits per heavy atom. The Morgan fingerprint density at radius 1 is 1.50 bits per heavy atom. The molecule has 1 aliphatic heterocycles. The van der Waals surface area contributed by atoms with E-state index >= 15 is 0 Å². The molecular weight excluding hydrogens is 184 g/mol. The van der Waals surface area contributed by atoms with Gasteiger partial charge in [-0.25, -0.2) is 4.79 Å². The van der Waals surface area contributed by atoms with Crippen LogP contribution >= 0.6 is 0 Å². The molecule has 1 heterocycles. The summed E-state index contributed by atoms with van der Waals surface area (Å²) in [5, 5.41) is 8.90. The smallest absolute Gasteiger partial charge is 0.326 e. The molecule has 0 bridgehead atoms. The molecule has 1 amide bonds. The Morgan fingerprint density at radius 2 is 2.14 bits per heavy atom. The molecule has 0 aromatic carbocycles. The van der Waals surface area contributed by atoms with Crippen molar-refractivity contribution < 1.29 is 14.7 Å². The summed E-state index contributed by atoms with van der Waals surface area (Å²) in [6.07, 6.45) is 2.26. The standard InChI is InChI=1S/C9H16N2O3/c1-6(10)8(12)11-5-3-2-4-7(11)9(13)14/h6-7H,2-5,10H2,1H3,(H,13,14)/t6?,7-/m0/s1. The fourth-order valence-corrected chi connectivity index (χ4v) is 1.71. The van der Waals surface area contributed by atoms with Crippen LogP contribution in [0.1, 0.15) is 26.2 Å². The summed E-state index contributed by atoms with van der Waals surface area (Å²) >= 11 is 0. The fourth-order valence-electron chi connectivity index (χ4n) is 1.71. The van der Waals surface area contributed by atoms with Crippen LogP contribution in [-0.4, -0.2) is 40.5 Å². The zero-order valence-corrected chi connectivity index (χ0v) is 8.27. The van der Waals surface area contributed by atoms with Gasteiger partial charge in [-0.15, -0.1) is 0 Å². The lowest BCUT2D eigenvalue weighted by Crippen LogP contribution is -2.52. The number of nitrogens with two attached hydrogens (primary N) is 1. The van der Waals surface area contributed by atoms with Gasteiger partial charge in [-0.2, -0.15) is 0 Å². The van der Waals surface area contributed by atoms with E-state index in [-0.39, 0.29) is 5.91 Å². The third-order valence-corrected chi connectivity index (χ3v) is 2.46. The average molecular weight is 200 g/mol. The average Bonchev–Trinajstić information content (AvgIpc) is 2.16. The lowest BCUT2D eigenvalue weighted by atomic mass is 10.0. The maximum Gasteiger partial charge on any atom is 0.326 e. The molecule has 3 N–H and O–H groups in total. The molecule has 1 aliphatic rings. The minimum Gasteiger partial charge on any atom is -0.480 e. The van der Waals surface area contributed by atoms with E-state index in [0.29, 0.717) is 13.0 Å². The molecule has 5 nitrogen and oxygen atoms in total. The first kappa shape index (κ1) is 11.0. The summed E-state index contributed by atoms with van der Waals surface area (Å²) in [6, 6.07) is -1.29. The lowest BCUT2D eigenvalue weighted by molar-refractivity contribution is -0.152. The monoisotopic (exact) mass is 200 g/mol. The van der Waals surface area contributed by atoms with E-state index in [1.54, 1.807) is 6.92 Å². The van der Waals surface area contributed by atoms with Crippen LogP contribution in [0.25, 0.3) is 0 Å². The lowest BCUT2D eigenvalue weighted by Gasteiger charge is -2.33. The highest BCUT2D eigenvalue weighted by atomic mass is 16.4. The third-order valence-electron chi connectivity index (χ3n) is 2.46. The number of likely N-dealkylation sites (tertiary alicyclic amines) is 1. The fraction of sp³-hybridized carbons (Fsp3) is 0.778. The van der Waals surface area contributed by atoms with Gasteiger partial charge in [0.25, 0.3) is 0 Å². The van der Waals surface area contributed by atoms with Gasteiger partial charge in [0.15, 0.2) is 0 Å². The number of aliphatic carboxylic acids is 1. The second-order valence-corrected chi connectivity index (χ2v) is 3.67. The van der Waals surface area contributed by atoms with Gasteiger partial charge in [0, 0.05) is 6.54 Å². The third kappa shape index (κ3) is 2.23. The molecule has 1 rings (SSSR count). The minimum absolute atomic E-state index is 0.267. The van der Waals surface area contributed by atoms with Gasteiger partial charge in [0.05, 0.1) is 6.04 Å². The number of amides is 1. The number of hydrogen-bond donors (Lipinski definition) is 2.